The molecule has 0 saturated carbocycles. The molecule has 96 valence electrons. The number of likely N-dealkylation sites (N-methyl/N-ethyl adjacent to an activating group) is 1. The van der Waals surface area contributed by atoms with E-state index >= 15 is 0 Å². The maximum Gasteiger partial charge on any atom is 0.265 e. The first-order valence-electron chi connectivity index (χ1n) is 5.46. The highest BCUT2D eigenvalue weighted by Gasteiger charge is 2.27. The Hall–Kier alpha value is -1.53. The van der Waals surface area contributed by atoms with Crippen molar-refractivity contribution in [3.8, 4) is 0 Å². The number of amides is 2. The van der Waals surface area contributed by atoms with Gasteiger partial charge in [-0.05, 0) is 12.1 Å². The Bertz CT molecular complexity index is 478. The average molecular weight is 266 g/mol. The van der Waals surface area contributed by atoms with Crippen LogP contribution in [0.2, 0.25) is 0 Å². The number of nitrogens with zero attached hydrogens (tertiary/aromatic N) is 2. The second kappa shape index (κ2) is 5.41. The van der Waals surface area contributed by atoms with Gasteiger partial charge in [0.15, 0.2) is 0 Å². The molecule has 1 aliphatic rings. The molecule has 5 nitrogen and oxygen atoms in total. The van der Waals surface area contributed by atoms with Gasteiger partial charge in [-0.3, -0.25) is 14.4 Å². The summed E-state index contributed by atoms with van der Waals surface area (Å²) in [6.45, 7) is 0.000741. The molecule has 0 aromatic heterocycles. The molecule has 0 aliphatic carbocycles. The van der Waals surface area contributed by atoms with Crippen molar-refractivity contribution in [3.63, 3.8) is 0 Å². The van der Waals surface area contributed by atoms with Gasteiger partial charge in [-0.2, -0.15) is 0 Å². The molecule has 1 aromatic carbocycles. The van der Waals surface area contributed by atoms with Crippen molar-refractivity contribution in [3.05, 3.63) is 24.3 Å². The van der Waals surface area contributed by atoms with Crippen LogP contribution in [0.25, 0.3) is 0 Å². The monoisotopic (exact) mass is 266 g/mol. The molecule has 0 saturated heterocycles. The van der Waals surface area contributed by atoms with Crippen molar-refractivity contribution in [1.82, 2.24) is 5.06 Å². The summed E-state index contributed by atoms with van der Waals surface area (Å²) in [6.07, 6.45) is 0. The molecule has 2 rings (SSSR count). The van der Waals surface area contributed by atoms with Crippen molar-refractivity contribution in [2.75, 3.05) is 31.4 Å². The van der Waals surface area contributed by atoms with E-state index in [0.29, 0.717) is 5.75 Å². The Labute approximate surface area is 110 Å². The number of carbonyl (C=O) groups excluding carboxylic acids is 2. The zero-order valence-corrected chi connectivity index (χ0v) is 11.1. The third kappa shape index (κ3) is 2.49. The van der Waals surface area contributed by atoms with E-state index in [1.54, 1.807) is 0 Å². The van der Waals surface area contributed by atoms with Crippen LogP contribution in [0.1, 0.15) is 0 Å². The van der Waals surface area contributed by atoms with Gasteiger partial charge in [0.2, 0.25) is 5.91 Å². The number of fused-ring (bicyclic) bond motifs is 1. The number of hydrogen-bond acceptors (Lipinski definition) is 4. The number of para-hydroxylation sites is 1. The fraction of sp³-hybridized carbons (Fsp3) is 0.333. The summed E-state index contributed by atoms with van der Waals surface area (Å²) in [4.78, 5) is 31.0. The predicted octanol–water partition coefficient (Wildman–Crippen LogP) is 1.15. The molecular weight excluding hydrogens is 252 g/mol. The predicted molar refractivity (Wildman–Crippen MR) is 69.3 cm³/mol. The summed E-state index contributed by atoms with van der Waals surface area (Å²) in [7, 11) is 2.94. The van der Waals surface area contributed by atoms with Crippen LogP contribution in [0.3, 0.4) is 0 Å². The first kappa shape index (κ1) is 12.9. The van der Waals surface area contributed by atoms with E-state index in [1.807, 2.05) is 24.3 Å². The normalized spacial score (nSPS) is 14.3. The van der Waals surface area contributed by atoms with E-state index in [-0.39, 0.29) is 18.4 Å². The molecule has 18 heavy (non-hydrogen) atoms. The summed E-state index contributed by atoms with van der Waals surface area (Å²) in [5.41, 5.74) is 0.789. The minimum absolute atomic E-state index is 0.000741. The third-order valence-electron chi connectivity index (χ3n) is 2.73. The standard InChI is InChI=1S/C12H14N2O3S/c1-13(17-2)11(15)7-14-9-5-3-4-6-10(9)18-8-12(14)16/h3-6H,7-8H2,1-2H3. The molecule has 1 aliphatic heterocycles. The maximum atomic E-state index is 11.9. The first-order chi connectivity index (χ1) is 8.63. The molecule has 0 fully saturated rings. The Morgan fingerprint density at radius 1 is 1.50 bits per heavy atom. The zero-order chi connectivity index (χ0) is 13.1. The molecule has 0 bridgehead atoms. The van der Waals surface area contributed by atoms with Crippen LogP contribution in [-0.2, 0) is 14.4 Å². The van der Waals surface area contributed by atoms with Crippen molar-refractivity contribution in [1.29, 1.82) is 0 Å². The Kier molecular flexibility index (Phi) is 3.88. The summed E-state index contributed by atoms with van der Waals surface area (Å²) in [6, 6.07) is 7.57. The van der Waals surface area contributed by atoms with Crippen LogP contribution < -0.4 is 4.90 Å². The van der Waals surface area contributed by atoms with Crippen LogP contribution >= 0.6 is 11.8 Å². The van der Waals surface area contributed by atoms with Gasteiger partial charge in [0.25, 0.3) is 5.91 Å². The lowest BCUT2D eigenvalue weighted by molar-refractivity contribution is -0.167. The average Bonchev–Trinajstić information content (AvgIpc) is 2.41. The summed E-state index contributed by atoms with van der Waals surface area (Å²) in [5.74, 6) is 0.0465. The number of anilines is 1. The van der Waals surface area contributed by atoms with Crippen molar-refractivity contribution in [2.45, 2.75) is 4.90 Å². The van der Waals surface area contributed by atoms with Crippen molar-refractivity contribution >= 4 is 29.3 Å². The summed E-state index contributed by atoms with van der Waals surface area (Å²) < 4.78 is 0. The van der Waals surface area contributed by atoms with E-state index in [4.69, 9.17) is 4.84 Å². The lowest BCUT2D eigenvalue weighted by atomic mass is 10.2. The lowest BCUT2D eigenvalue weighted by Gasteiger charge is -2.29. The first-order valence-corrected chi connectivity index (χ1v) is 6.45. The summed E-state index contributed by atoms with van der Waals surface area (Å²) >= 11 is 1.49. The molecule has 0 atom stereocenters. The summed E-state index contributed by atoms with van der Waals surface area (Å²) in [5, 5.41) is 1.12. The number of hydroxylamine groups is 2. The topological polar surface area (TPSA) is 49.9 Å². The van der Waals surface area contributed by atoms with E-state index in [9.17, 15) is 9.59 Å². The van der Waals surface area contributed by atoms with E-state index < -0.39 is 0 Å². The van der Waals surface area contributed by atoms with Crippen LogP contribution in [0, 0.1) is 0 Å². The number of carbonyl (C=O) groups is 2. The smallest absolute Gasteiger partial charge is 0.265 e. The largest absolute Gasteiger partial charge is 0.301 e. The number of benzene rings is 1. The highest BCUT2D eigenvalue weighted by molar-refractivity contribution is 8.00. The highest BCUT2D eigenvalue weighted by Crippen LogP contribution is 2.34. The second-order valence-corrected chi connectivity index (χ2v) is 4.83. The van der Waals surface area contributed by atoms with Gasteiger partial charge >= 0.3 is 0 Å². The van der Waals surface area contributed by atoms with Crippen molar-refractivity contribution < 1.29 is 14.4 Å². The van der Waals surface area contributed by atoms with Gasteiger partial charge in [0.1, 0.15) is 6.54 Å². The molecule has 1 aromatic rings. The minimum atomic E-state index is -0.257. The lowest BCUT2D eigenvalue weighted by Crippen LogP contribution is -2.43. The zero-order valence-electron chi connectivity index (χ0n) is 10.3. The molecule has 1 heterocycles. The number of rotatable bonds is 3. The van der Waals surface area contributed by atoms with Crippen LogP contribution in [-0.4, -0.2) is 43.3 Å². The van der Waals surface area contributed by atoms with Crippen LogP contribution in [0.5, 0.6) is 0 Å². The Morgan fingerprint density at radius 3 is 2.94 bits per heavy atom. The molecule has 2 amide bonds. The van der Waals surface area contributed by atoms with Gasteiger partial charge in [0, 0.05) is 11.9 Å². The number of hydrogen-bond donors (Lipinski definition) is 0. The van der Waals surface area contributed by atoms with E-state index in [2.05, 4.69) is 0 Å². The molecule has 0 unspecified atom stereocenters. The second-order valence-electron chi connectivity index (χ2n) is 3.81. The molecule has 0 radical (unpaired) electrons. The van der Waals surface area contributed by atoms with Crippen LogP contribution in [0.15, 0.2) is 29.2 Å². The number of thioether (sulfide) groups is 1. The third-order valence-corrected chi connectivity index (χ3v) is 3.77. The fourth-order valence-corrected chi connectivity index (χ4v) is 2.60. The Balaban J connectivity index is 2.22. The Morgan fingerprint density at radius 2 is 2.22 bits per heavy atom. The molecule has 0 N–H and O–H groups in total. The van der Waals surface area contributed by atoms with E-state index in [1.165, 1.54) is 30.8 Å². The van der Waals surface area contributed by atoms with Crippen LogP contribution in [0.4, 0.5) is 5.69 Å². The van der Waals surface area contributed by atoms with Gasteiger partial charge in [-0.25, -0.2) is 5.06 Å². The molecule has 0 spiro atoms. The quantitative estimate of drug-likeness (QED) is 0.770. The van der Waals surface area contributed by atoms with Gasteiger partial charge in [-0.1, -0.05) is 12.1 Å². The van der Waals surface area contributed by atoms with Gasteiger partial charge < -0.3 is 4.90 Å². The minimum Gasteiger partial charge on any atom is -0.301 e. The SMILES string of the molecule is CON(C)C(=O)CN1C(=O)CSc2ccccc21. The van der Waals surface area contributed by atoms with E-state index in [0.717, 1.165) is 15.6 Å². The molecule has 6 heteroatoms. The fourth-order valence-electron chi connectivity index (χ4n) is 1.66. The van der Waals surface area contributed by atoms with Crippen molar-refractivity contribution in [2.24, 2.45) is 0 Å². The highest BCUT2D eigenvalue weighted by atomic mass is 32.2. The molecular formula is C12H14N2O3S. The van der Waals surface area contributed by atoms with Gasteiger partial charge in [-0.15, -0.1) is 11.8 Å². The van der Waals surface area contributed by atoms with Gasteiger partial charge in [0.05, 0.1) is 18.6 Å². The maximum absolute atomic E-state index is 11.9.